The zero-order valence-corrected chi connectivity index (χ0v) is 12.4. The second-order valence-corrected chi connectivity index (χ2v) is 6.34. The number of rotatable bonds is 0. The van der Waals surface area contributed by atoms with E-state index >= 15 is 0 Å². The first-order chi connectivity index (χ1) is 11.8. The van der Waals surface area contributed by atoms with E-state index in [9.17, 15) is 74.6 Å². The molecule has 0 unspecified atom stereocenters. The molecule has 0 aromatic rings. The third-order valence-corrected chi connectivity index (χ3v) is 4.98. The lowest BCUT2D eigenvalue weighted by Gasteiger charge is -2.64. The van der Waals surface area contributed by atoms with Gasteiger partial charge < -0.3 is 0 Å². The summed E-state index contributed by atoms with van der Waals surface area (Å²) in [6.45, 7) is -1.63. The van der Waals surface area contributed by atoms with E-state index in [4.69, 9.17) is 0 Å². The van der Waals surface area contributed by atoms with Gasteiger partial charge in [-0.2, -0.15) is 61.5 Å². The van der Waals surface area contributed by atoms with Gasteiger partial charge in [0.15, 0.2) is 0 Å². The summed E-state index contributed by atoms with van der Waals surface area (Å²) < 4.78 is 231. The summed E-state index contributed by atoms with van der Waals surface area (Å²) in [6.07, 6.45) is 0. The topological polar surface area (TPSA) is 0 Å². The number of hydrogen-bond donors (Lipinski definition) is 0. The van der Waals surface area contributed by atoms with E-state index in [0.717, 1.165) is 0 Å². The van der Waals surface area contributed by atoms with Gasteiger partial charge >= 0.3 is 41.5 Å². The molecule has 2 aliphatic rings. The van der Waals surface area contributed by atoms with Crippen molar-refractivity contribution in [1.29, 1.82) is 0 Å². The Morgan fingerprint density at radius 2 is 0.500 bits per heavy atom. The molecular formula is C11H3F17. The van der Waals surface area contributed by atoms with E-state index in [1.807, 2.05) is 0 Å². The van der Waals surface area contributed by atoms with Crippen molar-refractivity contribution < 1.29 is 74.6 Å². The molecule has 0 bridgehead atoms. The zero-order chi connectivity index (χ0) is 23.0. The van der Waals surface area contributed by atoms with Gasteiger partial charge in [-0.05, 0) is 6.92 Å². The molecule has 2 rings (SSSR count). The van der Waals surface area contributed by atoms with Crippen molar-refractivity contribution >= 4 is 0 Å². The third-order valence-electron chi connectivity index (χ3n) is 4.98. The van der Waals surface area contributed by atoms with Gasteiger partial charge in [-0.15, -0.1) is 0 Å². The zero-order valence-electron chi connectivity index (χ0n) is 12.4. The smallest absolute Gasteiger partial charge is 0.233 e. The third kappa shape index (κ3) is 1.47. The Morgan fingerprint density at radius 1 is 0.286 bits per heavy atom. The summed E-state index contributed by atoms with van der Waals surface area (Å²) in [6, 6.07) is 0. The van der Waals surface area contributed by atoms with Crippen molar-refractivity contribution in [2.45, 2.75) is 65.4 Å². The van der Waals surface area contributed by atoms with E-state index in [2.05, 4.69) is 0 Å². The summed E-state index contributed by atoms with van der Waals surface area (Å²) in [7, 11) is 0. The summed E-state index contributed by atoms with van der Waals surface area (Å²) in [5.74, 6) is -56.0. The SMILES string of the molecule is C[C@@]1(F)C(F)(F)C(F)(F)C(F)(F)[C@@]2(F)C(F)(F)C(F)(F)C(F)(F)C(F)(F)[C@]21F. The highest BCUT2D eigenvalue weighted by molar-refractivity contribution is 5.43. The molecule has 0 nitrogen and oxygen atoms in total. The van der Waals surface area contributed by atoms with Gasteiger partial charge in [0.2, 0.25) is 5.67 Å². The van der Waals surface area contributed by atoms with Crippen molar-refractivity contribution in [3.8, 4) is 0 Å². The van der Waals surface area contributed by atoms with E-state index in [-0.39, 0.29) is 0 Å². The van der Waals surface area contributed by atoms with Crippen LogP contribution in [0.25, 0.3) is 0 Å². The van der Waals surface area contributed by atoms with Crippen LogP contribution in [-0.2, 0) is 0 Å². The summed E-state index contributed by atoms with van der Waals surface area (Å²) in [5.41, 5.74) is -23.2. The number of halogens is 17. The van der Waals surface area contributed by atoms with Crippen LogP contribution in [0.1, 0.15) is 6.92 Å². The van der Waals surface area contributed by atoms with Crippen LogP contribution in [0.3, 0.4) is 0 Å². The fourth-order valence-corrected chi connectivity index (χ4v) is 3.22. The molecule has 2 fully saturated rings. The summed E-state index contributed by atoms with van der Waals surface area (Å²) >= 11 is 0. The number of alkyl halides is 17. The van der Waals surface area contributed by atoms with Crippen molar-refractivity contribution in [1.82, 2.24) is 0 Å². The number of hydrogen-bond acceptors (Lipinski definition) is 0. The van der Waals surface area contributed by atoms with Gasteiger partial charge in [0, 0.05) is 0 Å². The van der Waals surface area contributed by atoms with E-state index < -0.39 is 65.4 Å². The predicted molar refractivity (Wildman–Crippen MR) is 51.8 cm³/mol. The summed E-state index contributed by atoms with van der Waals surface area (Å²) in [4.78, 5) is 0. The van der Waals surface area contributed by atoms with Gasteiger partial charge in [0.05, 0.1) is 0 Å². The molecule has 0 saturated heterocycles. The average Bonchev–Trinajstić information content (AvgIpc) is 2.49. The van der Waals surface area contributed by atoms with Gasteiger partial charge in [0.25, 0.3) is 11.3 Å². The molecule has 0 aromatic carbocycles. The Labute approximate surface area is 141 Å². The second-order valence-electron chi connectivity index (χ2n) is 6.34. The average molecular weight is 458 g/mol. The van der Waals surface area contributed by atoms with Gasteiger partial charge in [-0.25, -0.2) is 13.2 Å². The van der Waals surface area contributed by atoms with Crippen LogP contribution in [0.15, 0.2) is 0 Å². The van der Waals surface area contributed by atoms with Gasteiger partial charge in [-0.1, -0.05) is 0 Å². The van der Waals surface area contributed by atoms with E-state index in [1.54, 1.807) is 0 Å². The molecule has 166 valence electrons. The van der Waals surface area contributed by atoms with Crippen molar-refractivity contribution in [2.75, 3.05) is 0 Å². The first kappa shape index (κ1) is 23.1. The fraction of sp³-hybridized carbons (Fsp3) is 1.00. The molecule has 0 N–H and O–H groups in total. The van der Waals surface area contributed by atoms with Crippen LogP contribution >= 0.6 is 0 Å². The van der Waals surface area contributed by atoms with Gasteiger partial charge in [-0.3, -0.25) is 0 Å². The number of fused-ring (bicyclic) bond motifs is 1. The lowest BCUT2D eigenvalue weighted by molar-refractivity contribution is -0.545. The molecule has 2 saturated carbocycles. The Hall–Kier alpha value is -1.19. The lowest BCUT2D eigenvalue weighted by atomic mass is 9.51. The standard InChI is InChI=1S/C11H3F17/c1-2(12)3(13)4(14,7(19,20)9(23,24)5(2,15)16)8(21,22)11(27,28)10(25,26)6(3,17)18/h1H3/t2-,3+,4+/m0/s1. The molecule has 0 spiro atoms. The molecule has 0 radical (unpaired) electrons. The minimum atomic E-state index is -8.27. The molecule has 0 amide bonds. The highest BCUT2D eigenvalue weighted by Gasteiger charge is 3.13. The molecule has 17 heteroatoms. The van der Waals surface area contributed by atoms with Gasteiger partial charge in [0.1, 0.15) is 0 Å². The maximum Gasteiger partial charge on any atom is 0.382 e. The van der Waals surface area contributed by atoms with Crippen LogP contribution in [-0.4, -0.2) is 58.5 Å². The minimum absolute atomic E-state index is 1.63. The Morgan fingerprint density at radius 3 is 0.786 bits per heavy atom. The van der Waals surface area contributed by atoms with Crippen LogP contribution in [0.4, 0.5) is 74.6 Å². The first-order valence-corrected chi connectivity index (χ1v) is 6.46. The molecule has 28 heavy (non-hydrogen) atoms. The van der Waals surface area contributed by atoms with E-state index in [1.165, 1.54) is 0 Å². The van der Waals surface area contributed by atoms with Crippen LogP contribution in [0, 0.1) is 0 Å². The molecule has 3 atom stereocenters. The molecule has 0 heterocycles. The maximum absolute atomic E-state index is 14.5. The highest BCUT2D eigenvalue weighted by Crippen LogP contribution is 2.80. The van der Waals surface area contributed by atoms with Crippen LogP contribution < -0.4 is 0 Å². The molecule has 0 aliphatic heterocycles. The highest BCUT2D eigenvalue weighted by atomic mass is 19.4. The largest absolute Gasteiger partial charge is 0.382 e. The van der Waals surface area contributed by atoms with Crippen molar-refractivity contribution in [3.05, 3.63) is 0 Å². The normalized spacial score (nSPS) is 46.5. The Kier molecular flexibility index (Phi) is 3.79. The molecular weight excluding hydrogens is 455 g/mol. The van der Waals surface area contributed by atoms with Crippen molar-refractivity contribution in [3.63, 3.8) is 0 Å². The summed E-state index contributed by atoms with van der Waals surface area (Å²) in [5, 5.41) is 0. The van der Waals surface area contributed by atoms with E-state index in [0.29, 0.717) is 0 Å². The predicted octanol–water partition coefficient (Wildman–Crippen LogP) is 5.61. The first-order valence-electron chi connectivity index (χ1n) is 6.46. The second kappa shape index (κ2) is 4.59. The monoisotopic (exact) mass is 458 g/mol. The van der Waals surface area contributed by atoms with Crippen molar-refractivity contribution in [2.24, 2.45) is 0 Å². The maximum atomic E-state index is 14.5. The quantitative estimate of drug-likeness (QED) is 0.415. The molecule has 2 aliphatic carbocycles. The minimum Gasteiger partial charge on any atom is -0.233 e. The lowest BCUT2D eigenvalue weighted by Crippen LogP contribution is -2.98. The van der Waals surface area contributed by atoms with Crippen LogP contribution in [0.5, 0.6) is 0 Å². The van der Waals surface area contributed by atoms with Crippen LogP contribution in [0.2, 0.25) is 0 Å². The fourth-order valence-electron chi connectivity index (χ4n) is 3.22. The Balaban J connectivity index is 3.23. The Bertz CT molecular complexity index is 588. The molecule has 0 aromatic heterocycles.